The van der Waals surface area contributed by atoms with Gasteiger partial charge >= 0.3 is 0 Å². The molecule has 2 N–H and O–H groups in total. The highest BCUT2D eigenvalue weighted by molar-refractivity contribution is 6.33. The third kappa shape index (κ3) is 3.49. The van der Waals surface area contributed by atoms with Gasteiger partial charge in [0.25, 0.3) is 0 Å². The van der Waals surface area contributed by atoms with E-state index in [1.54, 1.807) is 0 Å². The molecule has 110 valence electrons. The van der Waals surface area contributed by atoms with Crippen molar-refractivity contribution in [3.8, 4) is 0 Å². The summed E-state index contributed by atoms with van der Waals surface area (Å²) in [5.74, 6) is 0. The van der Waals surface area contributed by atoms with Gasteiger partial charge in [0.15, 0.2) is 0 Å². The lowest BCUT2D eigenvalue weighted by Gasteiger charge is -2.36. The van der Waals surface area contributed by atoms with E-state index in [2.05, 4.69) is 46.2 Å². The van der Waals surface area contributed by atoms with Gasteiger partial charge in [-0.25, -0.2) is 0 Å². The van der Waals surface area contributed by atoms with Crippen LogP contribution in [-0.4, -0.2) is 31.1 Å². The molecular formula is C17H20ClN3. The first-order chi connectivity index (χ1) is 10.2. The highest BCUT2D eigenvalue weighted by Gasteiger charge is 2.17. The number of benzene rings is 2. The van der Waals surface area contributed by atoms with Gasteiger partial charge in [-0.2, -0.15) is 0 Å². The summed E-state index contributed by atoms with van der Waals surface area (Å²) < 4.78 is 0. The van der Waals surface area contributed by atoms with E-state index in [-0.39, 0.29) is 0 Å². The zero-order valence-electron chi connectivity index (χ0n) is 12.0. The monoisotopic (exact) mass is 301 g/mol. The van der Waals surface area contributed by atoms with Crippen molar-refractivity contribution in [2.24, 2.45) is 0 Å². The SMILES string of the molecule is Nc1cc(CN2CCN(c3ccccc3)CC2)ccc1Cl. The molecule has 4 heteroatoms. The zero-order chi connectivity index (χ0) is 14.7. The number of nitrogens with zero attached hydrogens (tertiary/aromatic N) is 2. The molecule has 3 rings (SSSR count). The Balaban J connectivity index is 1.57. The van der Waals surface area contributed by atoms with Crippen LogP contribution < -0.4 is 10.6 Å². The smallest absolute Gasteiger partial charge is 0.0635 e. The van der Waals surface area contributed by atoms with Gasteiger partial charge in [0.1, 0.15) is 0 Å². The zero-order valence-corrected chi connectivity index (χ0v) is 12.8. The second-order valence-electron chi connectivity index (χ2n) is 5.45. The second kappa shape index (κ2) is 6.37. The first-order valence-corrected chi connectivity index (χ1v) is 7.66. The highest BCUT2D eigenvalue weighted by atomic mass is 35.5. The summed E-state index contributed by atoms with van der Waals surface area (Å²) in [5.41, 5.74) is 9.07. The van der Waals surface area contributed by atoms with Crippen molar-refractivity contribution in [1.82, 2.24) is 4.90 Å². The molecule has 0 aliphatic carbocycles. The minimum absolute atomic E-state index is 0.632. The van der Waals surface area contributed by atoms with Crippen LogP contribution in [0.25, 0.3) is 0 Å². The lowest BCUT2D eigenvalue weighted by molar-refractivity contribution is 0.250. The maximum Gasteiger partial charge on any atom is 0.0635 e. The molecule has 0 saturated carbocycles. The normalized spacial score (nSPS) is 16.1. The minimum Gasteiger partial charge on any atom is -0.398 e. The van der Waals surface area contributed by atoms with Crippen LogP contribution in [0.5, 0.6) is 0 Å². The quantitative estimate of drug-likeness (QED) is 0.883. The number of nitrogens with two attached hydrogens (primary N) is 1. The van der Waals surface area contributed by atoms with Crippen LogP contribution in [0.15, 0.2) is 48.5 Å². The molecule has 0 spiro atoms. The first kappa shape index (κ1) is 14.2. The topological polar surface area (TPSA) is 32.5 Å². The fraction of sp³-hybridized carbons (Fsp3) is 0.294. The van der Waals surface area contributed by atoms with E-state index < -0.39 is 0 Å². The van der Waals surface area contributed by atoms with Crippen molar-refractivity contribution in [2.75, 3.05) is 36.8 Å². The second-order valence-corrected chi connectivity index (χ2v) is 5.86. The molecule has 0 radical (unpaired) electrons. The predicted molar refractivity (Wildman–Crippen MR) is 89.8 cm³/mol. The predicted octanol–water partition coefficient (Wildman–Crippen LogP) is 3.24. The molecule has 0 unspecified atom stereocenters. The van der Waals surface area contributed by atoms with E-state index in [4.69, 9.17) is 17.3 Å². The Morgan fingerprint density at radius 2 is 1.67 bits per heavy atom. The van der Waals surface area contributed by atoms with Crippen molar-refractivity contribution >= 4 is 23.0 Å². The Morgan fingerprint density at radius 1 is 0.952 bits per heavy atom. The standard InChI is InChI=1S/C17H20ClN3/c18-16-7-6-14(12-17(16)19)13-20-8-10-21(11-9-20)15-4-2-1-3-5-15/h1-7,12H,8-11,13,19H2. The van der Waals surface area contributed by atoms with Crippen molar-refractivity contribution in [2.45, 2.75) is 6.54 Å². The molecule has 0 atom stereocenters. The lowest BCUT2D eigenvalue weighted by atomic mass is 10.1. The molecule has 2 aromatic rings. The molecule has 0 aromatic heterocycles. The third-order valence-electron chi connectivity index (χ3n) is 3.96. The van der Waals surface area contributed by atoms with Crippen LogP contribution in [0.3, 0.4) is 0 Å². The Bertz CT molecular complexity index is 592. The van der Waals surface area contributed by atoms with E-state index in [1.807, 2.05) is 12.1 Å². The van der Waals surface area contributed by atoms with Crippen molar-refractivity contribution < 1.29 is 0 Å². The molecule has 3 nitrogen and oxygen atoms in total. The van der Waals surface area contributed by atoms with Crippen molar-refractivity contribution in [3.63, 3.8) is 0 Å². The fourth-order valence-corrected chi connectivity index (χ4v) is 2.87. The van der Waals surface area contributed by atoms with Gasteiger partial charge in [-0.1, -0.05) is 35.9 Å². The van der Waals surface area contributed by atoms with Crippen LogP contribution >= 0.6 is 11.6 Å². The molecule has 1 saturated heterocycles. The molecule has 1 heterocycles. The number of hydrogen-bond donors (Lipinski definition) is 1. The summed E-state index contributed by atoms with van der Waals surface area (Å²) >= 11 is 5.97. The molecule has 1 aliphatic heterocycles. The Labute approximate surface area is 130 Å². The summed E-state index contributed by atoms with van der Waals surface area (Å²) in [7, 11) is 0. The van der Waals surface area contributed by atoms with Gasteiger partial charge < -0.3 is 10.6 Å². The maximum absolute atomic E-state index is 5.97. The van der Waals surface area contributed by atoms with Crippen molar-refractivity contribution in [3.05, 3.63) is 59.1 Å². The number of piperazine rings is 1. The molecular weight excluding hydrogens is 282 g/mol. The number of nitrogen functional groups attached to an aromatic ring is 1. The average Bonchev–Trinajstić information content (AvgIpc) is 2.53. The number of anilines is 2. The van der Waals surface area contributed by atoms with Gasteiger partial charge in [0, 0.05) is 38.4 Å². The number of rotatable bonds is 3. The summed E-state index contributed by atoms with van der Waals surface area (Å²) in [4.78, 5) is 4.90. The Kier molecular flexibility index (Phi) is 4.32. The van der Waals surface area contributed by atoms with Crippen LogP contribution in [0.4, 0.5) is 11.4 Å². The number of hydrogen-bond acceptors (Lipinski definition) is 3. The van der Waals surface area contributed by atoms with Gasteiger partial charge in [0.2, 0.25) is 0 Å². The minimum atomic E-state index is 0.632. The molecule has 1 fully saturated rings. The summed E-state index contributed by atoms with van der Waals surface area (Å²) in [6, 6.07) is 16.5. The molecule has 2 aromatic carbocycles. The number of halogens is 1. The summed E-state index contributed by atoms with van der Waals surface area (Å²) in [5, 5.41) is 0.632. The largest absolute Gasteiger partial charge is 0.398 e. The van der Waals surface area contributed by atoms with Crippen LogP contribution in [0, 0.1) is 0 Å². The van der Waals surface area contributed by atoms with Crippen molar-refractivity contribution in [1.29, 1.82) is 0 Å². The number of para-hydroxylation sites is 1. The van der Waals surface area contributed by atoms with E-state index >= 15 is 0 Å². The molecule has 1 aliphatic rings. The van der Waals surface area contributed by atoms with E-state index in [9.17, 15) is 0 Å². The van der Waals surface area contributed by atoms with E-state index in [0.29, 0.717) is 10.7 Å². The Morgan fingerprint density at radius 3 is 2.33 bits per heavy atom. The van der Waals surface area contributed by atoms with Crippen LogP contribution in [0.1, 0.15) is 5.56 Å². The lowest BCUT2D eigenvalue weighted by Crippen LogP contribution is -2.45. The van der Waals surface area contributed by atoms with Gasteiger partial charge in [-0.05, 0) is 29.8 Å². The Hall–Kier alpha value is -1.71. The van der Waals surface area contributed by atoms with Crippen LogP contribution in [0.2, 0.25) is 5.02 Å². The highest BCUT2D eigenvalue weighted by Crippen LogP contribution is 2.21. The van der Waals surface area contributed by atoms with E-state index in [0.717, 1.165) is 32.7 Å². The molecule has 0 amide bonds. The van der Waals surface area contributed by atoms with Gasteiger partial charge in [-0.15, -0.1) is 0 Å². The van der Waals surface area contributed by atoms with Gasteiger partial charge in [0.05, 0.1) is 10.7 Å². The molecule has 21 heavy (non-hydrogen) atoms. The fourth-order valence-electron chi connectivity index (χ4n) is 2.75. The summed E-state index contributed by atoms with van der Waals surface area (Å²) in [6.07, 6.45) is 0. The third-order valence-corrected chi connectivity index (χ3v) is 4.30. The first-order valence-electron chi connectivity index (χ1n) is 7.28. The molecule has 0 bridgehead atoms. The van der Waals surface area contributed by atoms with Crippen LogP contribution in [-0.2, 0) is 6.54 Å². The summed E-state index contributed by atoms with van der Waals surface area (Å²) in [6.45, 7) is 5.19. The van der Waals surface area contributed by atoms with Gasteiger partial charge in [-0.3, -0.25) is 4.90 Å². The average molecular weight is 302 g/mol. The van der Waals surface area contributed by atoms with E-state index in [1.165, 1.54) is 11.3 Å². The maximum atomic E-state index is 5.97.